The fourth-order valence-corrected chi connectivity index (χ4v) is 11.6. The van der Waals surface area contributed by atoms with E-state index in [0.29, 0.717) is 57.9 Å². The highest BCUT2D eigenvalue weighted by atomic mass is 32.1. The Bertz CT molecular complexity index is 3620. The van der Waals surface area contributed by atoms with Crippen molar-refractivity contribution in [2.75, 3.05) is 78.1 Å². The van der Waals surface area contributed by atoms with Gasteiger partial charge in [-0.3, -0.25) is 19.2 Å². The number of ether oxygens (including phenoxy) is 1. The Kier molecular flexibility index (Phi) is 15.5. The van der Waals surface area contributed by atoms with Crippen LogP contribution in [-0.4, -0.2) is 102 Å². The Labute approximate surface area is 423 Å². The number of hydrogen-bond donors (Lipinski definition) is 6. The Hall–Kier alpha value is -8.11. The second-order valence-electron chi connectivity index (χ2n) is 16.1. The van der Waals surface area contributed by atoms with Crippen LogP contribution in [0.25, 0.3) is 62.4 Å². The van der Waals surface area contributed by atoms with Crippen LogP contribution in [-0.2, 0) is 0 Å². The zero-order chi connectivity index (χ0) is 51.3. The minimum Gasteiger partial charge on any atom is -0.496 e. The maximum atomic E-state index is 12.2. The Morgan fingerprint density at radius 1 is 0.521 bits per heavy atom. The number of nitrogens with two attached hydrogens (primary N) is 5. The quantitative estimate of drug-likeness (QED) is 0.0910. The average molecular weight is 1030 g/mol. The van der Waals surface area contributed by atoms with Gasteiger partial charge in [0.2, 0.25) is 0 Å². The highest BCUT2D eigenvalue weighted by molar-refractivity contribution is 7.23. The molecule has 0 bridgehead atoms. The minimum absolute atomic E-state index is 0.0884. The largest absolute Gasteiger partial charge is 0.496 e. The van der Waals surface area contributed by atoms with Crippen molar-refractivity contribution in [3.63, 3.8) is 0 Å². The fraction of sp³-hybridized carbons (Fsp3) is 0.140. The molecule has 21 heteroatoms. The molecule has 0 radical (unpaired) electrons. The van der Waals surface area contributed by atoms with Crippen LogP contribution in [0.2, 0.25) is 0 Å². The molecule has 0 atom stereocenters. The van der Waals surface area contributed by atoms with Crippen LogP contribution in [0.4, 0.5) is 28.4 Å². The minimum atomic E-state index is -0.188. The van der Waals surface area contributed by atoms with E-state index >= 15 is 0 Å². The molecule has 0 unspecified atom stereocenters. The van der Waals surface area contributed by atoms with E-state index in [4.69, 9.17) is 33.4 Å². The van der Waals surface area contributed by atoms with Crippen molar-refractivity contribution in [2.45, 2.75) is 0 Å². The number of carbonyl (C=O) groups excluding carboxylic acids is 3. The number of rotatable bonds is 6. The van der Waals surface area contributed by atoms with E-state index in [0.717, 1.165) is 47.7 Å². The van der Waals surface area contributed by atoms with Gasteiger partial charge < -0.3 is 53.1 Å². The molecule has 3 amide bonds. The molecule has 71 heavy (non-hydrogen) atoms. The van der Waals surface area contributed by atoms with Crippen LogP contribution in [0.5, 0.6) is 5.75 Å². The summed E-state index contributed by atoms with van der Waals surface area (Å²) in [6.45, 7) is 0. The van der Waals surface area contributed by atoms with E-state index in [1.54, 1.807) is 97.7 Å². The van der Waals surface area contributed by atoms with Gasteiger partial charge in [-0.05, 0) is 34.9 Å². The normalized spacial score (nSPS) is 10.7. The molecule has 11 N–H and O–H groups in total. The molecule has 10 aromatic rings. The number of hydrogen-bond acceptors (Lipinski definition) is 17. The van der Waals surface area contributed by atoms with E-state index in [-0.39, 0.29) is 28.8 Å². The van der Waals surface area contributed by atoms with Gasteiger partial charge in [-0.2, -0.15) is 0 Å². The molecule has 17 nitrogen and oxygen atoms in total. The third-order valence-corrected chi connectivity index (χ3v) is 15.2. The van der Waals surface area contributed by atoms with Crippen LogP contribution in [0, 0.1) is 0 Å². The van der Waals surface area contributed by atoms with Crippen LogP contribution >= 0.6 is 45.3 Å². The maximum Gasteiger partial charge on any atom is 0.265 e. The van der Waals surface area contributed by atoms with E-state index in [2.05, 4.69) is 19.9 Å². The zero-order valence-electron chi connectivity index (χ0n) is 39.6. The summed E-state index contributed by atoms with van der Waals surface area (Å²) in [6.07, 6.45) is 6.65. The number of H-pyrrole nitrogens is 1. The zero-order valence-corrected chi connectivity index (χ0v) is 42.9. The molecule has 8 aromatic heterocycles. The first-order chi connectivity index (χ1) is 33.9. The van der Waals surface area contributed by atoms with Crippen molar-refractivity contribution in [1.29, 1.82) is 0 Å². The number of thiophene rings is 4. The summed E-state index contributed by atoms with van der Waals surface area (Å²) < 4.78 is 5.22. The lowest BCUT2D eigenvalue weighted by molar-refractivity contribution is 0.0826. The van der Waals surface area contributed by atoms with Crippen molar-refractivity contribution in [1.82, 2.24) is 34.6 Å². The Morgan fingerprint density at radius 2 is 0.986 bits per heavy atom. The number of nitrogens with one attached hydrogen (secondary N) is 1. The lowest BCUT2D eigenvalue weighted by Gasteiger charge is -2.09. The Balaban J connectivity index is 0.000000140. The van der Waals surface area contributed by atoms with Gasteiger partial charge in [0.1, 0.15) is 39.7 Å². The molecule has 0 saturated carbocycles. The van der Waals surface area contributed by atoms with Crippen LogP contribution in [0.15, 0.2) is 115 Å². The number of nitrogen functional groups attached to an aromatic ring is 5. The van der Waals surface area contributed by atoms with Gasteiger partial charge in [0.25, 0.3) is 17.7 Å². The van der Waals surface area contributed by atoms with Gasteiger partial charge >= 0.3 is 0 Å². The second-order valence-corrected chi connectivity index (χ2v) is 20.1. The highest BCUT2D eigenvalue weighted by Gasteiger charge is 2.23. The molecule has 0 fully saturated rings. The molecule has 0 spiro atoms. The smallest absolute Gasteiger partial charge is 0.265 e. The number of fused-ring (bicyclic) bond motifs is 4. The van der Waals surface area contributed by atoms with Crippen molar-refractivity contribution in [3.05, 3.63) is 135 Å². The lowest BCUT2D eigenvalue weighted by atomic mass is 10.0. The number of methoxy groups -OCH3 is 1. The average Bonchev–Trinajstić information content (AvgIpc) is 4.12. The third kappa shape index (κ3) is 10.4. The van der Waals surface area contributed by atoms with Gasteiger partial charge in [0, 0.05) is 84.2 Å². The summed E-state index contributed by atoms with van der Waals surface area (Å²) in [6, 6.07) is 26.9. The highest BCUT2D eigenvalue weighted by Crippen LogP contribution is 2.43. The predicted octanol–water partition coefficient (Wildman–Crippen LogP) is 8.84. The van der Waals surface area contributed by atoms with E-state index in [9.17, 15) is 19.2 Å². The van der Waals surface area contributed by atoms with Crippen molar-refractivity contribution < 1.29 is 19.1 Å². The first kappa shape index (κ1) is 50.8. The summed E-state index contributed by atoms with van der Waals surface area (Å²) >= 11 is 5.40. The van der Waals surface area contributed by atoms with E-state index in [1.807, 2.05) is 66.7 Å². The molecule has 8 heterocycles. The lowest BCUT2D eigenvalue weighted by Crippen LogP contribution is -2.21. The molecule has 0 aliphatic carbocycles. The predicted molar refractivity (Wildman–Crippen MR) is 295 cm³/mol. The number of aromatic nitrogens is 4. The van der Waals surface area contributed by atoms with Crippen LogP contribution in [0.1, 0.15) is 29.0 Å². The summed E-state index contributed by atoms with van der Waals surface area (Å²) in [7, 11) is 11.7. The van der Waals surface area contributed by atoms with Crippen LogP contribution < -0.4 is 38.8 Å². The van der Waals surface area contributed by atoms with E-state index < -0.39 is 0 Å². The molecule has 2 aromatic carbocycles. The number of carbonyl (C=O) groups is 3. The first-order valence-electron chi connectivity index (χ1n) is 21.4. The van der Waals surface area contributed by atoms with Gasteiger partial charge in [-0.15, -0.1) is 45.3 Å². The number of anilines is 5. The fourth-order valence-electron chi connectivity index (χ4n) is 7.12. The molecular formula is C50H50N12O5S4. The van der Waals surface area contributed by atoms with Crippen molar-refractivity contribution in [3.8, 4) is 27.3 Å². The number of pyridine rings is 4. The van der Waals surface area contributed by atoms with Crippen LogP contribution in [0.3, 0.4) is 0 Å². The number of amides is 3. The van der Waals surface area contributed by atoms with Gasteiger partial charge in [0.05, 0.1) is 50.9 Å². The number of nitrogens with zero attached hydrogens (tertiary/aromatic N) is 6. The number of aromatic amines is 1. The summed E-state index contributed by atoms with van der Waals surface area (Å²) in [4.78, 5) is 73.3. The maximum absolute atomic E-state index is 12.2. The van der Waals surface area contributed by atoms with Gasteiger partial charge in [-0.1, -0.05) is 60.7 Å². The molecule has 364 valence electrons. The Morgan fingerprint density at radius 3 is 1.51 bits per heavy atom. The topological polar surface area (TPSA) is 272 Å². The summed E-state index contributed by atoms with van der Waals surface area (Å²) in [5.41, 5.74) is 35.8. The van der Waals surface area contributed by atoms with Gasteiger partial charge in [0.15, 0.2) is 5.43 Å². The van der Waals surface area contributed by atoms with Crippen molar-refractivity contribution in [2.24, 2.45) is 0 Å². The molecule has 0 saturated heterocycles. The SMILES string of the molecule is CN(C)C(=O)c1sc2[nH]ccc(=O)c2c1N.CN(C)C(=O)c1sc2nccc(-c3ccccc3)c2c1N.COc1ccnc2sc(C(=O)N(C)C)c(N)c12.Nc1ccnc2sc(-c3ccccc3)c(N)c12. The monoisotopic (exact) mass is 1030 g/mol. The van der Waals surface area contributed by atoms with Gasteiger partial charge in [-0.25, -0.2) is 15.0 Å². The van der Waals surface area contributed by atoms with E-state index in [1.165, 1.54) is 54.8 Å². The third-order valence-electron chi connectivity index (χ3n) is 10.7. The second kappa shape index (κ2) is 21.7. The van der Waals surface area contributed by atoms with Crippen molar-refractivity contribution >= 4 is 132 Å². The molecule has 0 aliphatic rings. The number of benzene rings is 2. The molecular weight excluding hydrogens is 977 g/mol. The molecule has 0 aliphatic heterocycles. The summed E-state index contributed by atoms with van der Waals surface area (Å²) in [5.74, 6) is 0.245. The first-order valence-corrected chi connectivity index (χ1v) is 24.7. The summed E-state index contributed by atoms with van der Waals surface area (Å²) in [5, 5.41) is 2.85. The standard InChI is InChI=1S/C16H15N3OS.C13H11N3S.C11H13N3O2S.C10H11N3O2S/c1-19(2)16(20)14-13(17)12-11(8-9-18-15(12)21-14)10-6-4-3-5-7-10;14-9-6-7-16-13-10(9)11(15)12(17-13)8-4-2-1-3-5-8;1-14(2)11(15)9-8(12)7-6(16-3)4-5-13-10(7)17-9;1-13(2)10(15)8-7(11)6-5(14)3-4-12-9(6)16-8/h3-9H,17H2,1-2H3;1-7H,15H2,(H2,14,16);4-5H,12H2,1-3H3;3-4H,11H2,1-2H3,(H,12,14). The molecule has 10 rings (SSSR count).